The Kier molecular flexibility index (Phi) is 7.63. The van der Waals surface area contributed by atoms with Gasteiger partial charge in [-0.1, -0.05) is 78.6 Å². The minimum Gasteiger partial charge on any atom is -0.299 e. The second-order valence-corrected chi connectivity index (χ2v) is 8.51. The molecule has 0 heterocycles. The van der Waals surface area contributed by atoms with Crippen LogP contribution in [0.4, 0.5) is 0 Å². The molecular weight excluding hydrogens is 280 g/mol. The van der Waals surface area contributed by atoms with Crippen LogP contribution >= 0.6 is 0 Å². The Morgan fingerprint density at radius 2 is 1.30 bits per heavy atom. The number of carbonyl (C=O) groups excluding carboxylic acids is 1. The highest BCUT2D eigenvalue weighted by molar-refractivity contribution is 5.83. The summed E-state index contributed by atoms with van der Waals surface area (Å²) in [6, 6.07) is 0. The maximum Gasteiger partial charge on any atom is 0.139 e. The molecule has 2 aliphatic rings. The van der Waals surface area contributed by atoms with E-state index < -0.39 is 0 Å². The molecular formula is C22H40O. The third kappa shape index (κ3) is 4.83. The van der Waals surface area contributed by atoms with Gasteiger partial charge in [-0.3, -0.25) is 4.79 Å². The molecule has 0 saturated heterocycles. The Morgan fingerprint density at radius 1 is 0.826 bits per heavy atom. The number of hydrogen-bond donors (Lipinski definition) is 0. The zero-order chi connectivity index (χ0) is 16.7. The Labute approximate surface area is 145 Å². The van der Waals surface area contributed by atoms with E-state index >= 15 is 0 Å². The molecule has 1 heteroatoms. The van der Waals surface area contributed by atoms with Gasteiger partial charge in [-0.15, -0.1) is 0 Å². The second-order valence-electron chi connectivity index (χ2n) is 8.51. The standard InChI is InChI=1S/C22H40O/c1-4-22(5-2,6-3)17-20(18-13-9-7-10-14-18)21(23)19-15-11-8-12-16-19/h18-20H,4-17H2,1-3H3. The van der Waals surface area contributed by atoms with Crippen LogP contribution in [0.2, 0.25) is 0 Å². The van der Waals surface area contributed by atoms with Gasteiger partial charge in [-0.25, -0.2) is 0 Å². The Bertz CT molecular complexity index is 335. The molecule has 1 atom stereocenters. The van der Waals surface area contributed by atoms with Gasteiger partial charge in [0.25, 0.3) is 0 Å². The van der Waals surface area contributed by atoms with E-state index in [0.717, 1.165) is 0 Å². The van der Waals surface area contributed by atoms with Crippen LogP contribution in [0.3, 0.4) is 0 Å². The van der Waals surface area contributed by atoms with Crippen LogP contribution in [0.5, 0.6) is 0 Å². The molecule has 23 heavy (non-hydrogen) atoms. The van der Waals surface area contributed by atoms with Gasteiger partial charge in [-0.05, 0) is 43.4 Å². The molecule has 2 rings (SSSR count). The first-order valence-electron chi connectivity index (χ1n) is 10.7. The van der Waals surface area contributed by atoms with Crippen molar-refractivity contribution in [1.82, 2.24) is 0 Å². The summed E-state index contributed by atoms with van der Waals surface area (Å²) in [7, 11) is 0. The van der Waals surface area contributed by atoms with Crippen LogP contribution in [0.15, 0.2) is 0 Å². The van der Waals surface area contributed by atoms with Crippen LogP contribution < -0.4 is 0 Å². The second kappa shape index (κ2) is 9.23. The van der Waals surface area contributed by atoms with Crippen LogP contribution in [0.25, 0.3) is 0 Å². The molecule has 0 spiro atoms. The first-order chi connectivity index (χ1) is 11.2. The number of ketones is 1. The quantitative estimate of drug-likeness (QED) is 0.473. The predicted molar refractivity (Wildman–Crippen MR) is 99.6 cm³/mol. The summed E-state index contributed by atoms with van der Waals surface area (Å²) < 4.78 is 0. The average molecular weight is 321 g/mol. The van der Waals surface area contributed by atoms with E-state index in [1.807, 2.05) is 0 Å². The van der Waals surface area contributed by atoms with Crippen LogP contribution in [0.1, 0.15) is 111 Å². The van der Waals surface area contributed by atoms with Crippen molar-refractivity contribution in [2.75, 3.05) is 0 Å². The zero-order valence-electron chi connectivity index (χ0n) is 16.0. The topological polar surface area (TPSA) is 17.1 Å². The van der Waals surface area contributed by atoms with Gasteiger partial charge in [0, 0.05) is 11.8 Å². The fourth-order valence-corrected chi connectivity index (χ4v) is 5.38. The number of rotatable bonds is 8. The lowest BCUT2D eigenvalue weighted by Crippen LogP contribution is -2.36. The molecule has 2 fully saturated rings. The maximum absolute atomic E-state index is 13.4. The average Bonchev–Trinajstić information content (AvgIpc) is 2.64. The van der Waals surface area contributed by atoms with Gasteiger partial charge < -0.3 is 0 Å². The fourth-order valence-electron chi connectivity index (χ4n) is 5.38. The zero-order valence-corrected chi connectivity index (χ0v) is 16.0. The summed E-state index contributed by atoms with van der Waals surface area (Å²) in [5.41, 5.74) is 0.409. The molecule has 0 aromatic heterocycles. The summed E-state index contributed by atoms with van der Waals surface area (Å²) in [6.45, 7) is 7.03. The first-order valence-corrected chi connectivity index (χ1v) is 10.7. The Morgan fingerprint density at radius 3 is 1.78 bits per heavy atom. The van der Waals surface area contributed by atoms with Crippen LogP contribution in [-0.4, -0.2) is 5.78 Å². The lowest BCUT2D eigenvalue weighted by atomic mass is 9.64. The number of Topliss-reactive ketones (excluding diaryl/α,β-unsaturated/α-hetero) is 1. The van der Waals surface area contributed by atoms with Crippen molar-refractivity contribution < 1.29 is 4.79 Å². The van der Waals surface area contributed by atoms with Crippen molar-refractivity contribution in [3.8, 4) is 0 Å². The molecule has 134 valence electrons. The summed E-state index contributed by atoms with van der Waals surface area (Å²) >= 11 is 0. The van der Waals surface area contributed by atoms with E-state index in [1.54, 1.807) is 0 Å². The smallest absolute Gasteiger partial charge is 0.139 e. The summed E-state index contributed by atoms with van der Waals surface area (Å²) in [5.74, 6) is 2.15. The van der Waals surface area contributed by atoms with Crippen molar-refractivity contribution in [3.05, 3.63) is 0 Å². The van der Waals surface area contributed by atoms with Gasteiger partial charge in [0.05, 0.1) is 0 Å². The van der Waals surface area contributed by atoms with E-state index in [2.05, 4.69) is 20.8 Å². The van der Waals surface area contributed by atoms with E-state index in [-0.39, 0.29) is 0 Å². The van der Waals surface area contributed by atoms with Gasteiger partial charge in [0.2, 0.25) is 0 Å². The van der Waals surface area contributed by atoms with E-state index in [4.69, 9.17) is 0 Å². The summed E-state index contributed by atoms with van der Waals surface area (Å²) in [5, 5.41) is 0. The molecule has 0 aliphatic heterocycles. The molecule has 0 bridgehead atoms. The molecule has 0 radical (unpaired) electrons. The molecule has 0 amide bonds. The highest BCUT2D eigenvalue weighted by Crippen LogP contribution is 2.44. The van der Waals surface area contributed by atoms with Crippen LogP contribution in [-0.2, 0) is 4.79 Å². The minimum absolute atomic E-state index is 0.373. The predicted octanol–water partition coefficient (Wildman–Crippen LogP) is 6.94. The monoisotopic (exact) mass is 320 g/mol. The third-order valence-corrected chi connectivity index (χ3v) is 7.49. The minimum atomic E-state index is 0.373. The molecule has 2 saturated carbocycles. The number of hydrogen-bond acceptors (Lipinski definition) is 1. The fraction of sp³-hybridized carbons (Fsp3) is 0.955. The van der Waals surface area contributed by atoms with Gasteiger partial charge in [0.15, 0.2) is 0 Å². The van der Waals surface area contributed by atoms with Crippen molar-refractivity contribution in [2.24, 2.45) is 23.2 Å². The van der Waals surface area contributed by atoms with E-state index in [0.29, 0.717) is 29.0 Å². The van der Waals surface area contributed by atoms with Crippen molar-refractivity contribution >= 4 is 5.78 Å². The highest BCUT2D eigenvalue weighted by Gasteiger charge is 2.38. The van der Waals surface area contributed by atoms with Crippen molar-refractivity contribution in [3.63, 3.8) is 0 Å². The Hall–Kier alpha value is -0.330. The molecule has 2 aliphatic carbocycles. The van der Waals surface area contributed by atoms with Gasteiger partial charge in [0.1, 0.15) is 5.78 Å². The van der Waals surface area contributed by atoms with E-state index in [1.165, 1.54) is 89.9 Å². The highest BCUT2D eigenvalue weighted by atomic mass is 16.1. The number of carbonyl (C=O) groups is 1. The van der Waals surface area contributed by atoms with Crippen molar-refractivity contribution in [2.45, 2.75) is 111 Å². The molecule has 0 aromatic carbocycles. The van der Waals surface area contributed by atoms with Gasteiger partial charge in [-0.2, -0.15) is 0 Å². The Balaban J connectivity index is 2.14. The largest absolute Gasteiger partial charge is 0.299 e. The normalized spacial score (nSPS) is 22.9. The lowest BCUT2D eigenvalue weighted by molar-refractivity contribution is -0.131. The SMILES string of the molecule is CCC(CC)(CC)CC(C(=O)C1CCCCC1)C1CCCCC1. The first kappa shape index (κ1) is 19.0. The van der Waals surface area contributed by atoms with Gasteiger partial charge >= 0.3 is 0 Å². The van der Waals surface area contributed by atoms with Crippen molar-refractivity contribution in [1.29, 1.82) is 0 Å². The molecule has 0 aromatic rings. The molecule has 1 nitrogen and oxygen atoms in total. The lowest BCUT2D eigenvalue weighted by Gasteiger charge is -2.40. The third-order valence-electron chi connectivity index (χ3n) is 7.49. The summed E-state index contributed by atoms with van der Waals surface area (Å²) in [4.78, 5) is 13.4. The van der Waals surface area contributed by atoms with E-state index in [9.17, 15) is 4.79 Å². The maximum atomic E-state index is 13.4. The summed E-state index contributed by atoms with van der Waals surface area (Å²) in [6.07, 6.45) is 17.9. The molecule has 0 N–H and O–H groups in total. The molecule has 1 unspecified atom stereocenters. The van der Waals surface area contributed by atoms with Crippen LogP contribution in [0, 0.1) is 23.2 Å².